The first-order valence-electron chi connectivity index (χ1n) is 14.2. The van der Waals surface area contributed by atoms with Gasteiger partial charge in [0.15, 0.2) is 0 Å². The van der Waals surface area contributed by atoms with Crippen molar-refractivity contribution in [2.75, 3.05) is 19.7 Å². The van der Waals surface area contributed by atoms with Crippen molar-refractivity contribution in [1.29, 1.82) is 0 Å². The number of nitrogens with one attached hydrogen (secondary N) is 1. The van der Waals surface area contributed by atoms with Crippen LogP contribution in [-0.4, -0.2) is 59.3 Å². The number of hydrogen-bond acceptors (Lipinski definition) is 5. The maximum atomic E-state index is 13.3. The molecule has 0 aromatic heterocycles. The molecule has 0 aliphatic carbocycles. The molecule has 1 aliphatic rings. The Bertz CT molecular complexity index is 1110. The summed E-state index contributed by atoms with van der Waals surface area (Å²) >= 11 is 0. The van der Waals surface area contributed by atoms with Crippen LogP contribution in [0.3, 0.4) is 0 Å². The zero-order chi connectivity index (χ0) is 29.2. The third kappa shape index (κ3) is 9.88. The van der Waals surface area contributed by atoms with Gasteiger partial charge in [0.2, 0.25) is 5.91 Å². The van der Waals surface area contributed by atoms with Crippen molar-refractivity contribution in [3.05, 3.63) is 65.7 Å². The predicted molar refractivity (Wildman–Crippen MR) is 154 cm³/mol. The van der Waals surface area contributed by atoms with Gasteiger partial charge in [0.1, 0.15) is 18.0 Å². The predicted octanol–water partition coefficient (Wildman–Crippen LogP) is 5.63. The molecule has 218 valence electrons. The van der Waals surface area contributed by atoms with Crippen LogP contribution < -0.4 is 10.1 Å². The van der Waals surface area contributed by atoms with Crippen LogP contribution in [0.1, 0.15) is 70.9 Å². The molecule has 0 bridgehead atoms. The van der Waals surface area contributed by atoms with Gasteiger partial charge in [-0.05, 0) is 82.6 Å². The first-order chi connectivity index (χ1) is 18.9. The van der Waals surface area contributed by atoms with Crippen molar-refractivity contribution in [1.82, 2.24) is 10.2 Å². The third-order valence-corrected chi connectivity index (χ3v) is 7.08. The Balaban J connectivity index is 1.48. The second-order valence-corrected chi connectivity index (χ2v) is 11.9. The van der Waals surface area contributed by atoms with Gasteiger partial charge < -0.3 is 24.8 Å². The Labute approximate surface area is 238 Å². The van der Waals surface area contributed by atoms with Gasteiger partial charge in [0.05, 0.1) is 17.9 Å². The molecule has 8 nitrogen and oxygen atoms in total. The Morgan fingerprint density at radius 2 is 1.65 bits per heavy atom. The SMILES string of the molecule is CC(C)(C)OC(=O)NCCCCc1ccc(OC[C@H]2C[C@@](C)(CC(=O)O)C(=O)N2CCCc2ccccc2)cc1. The van der Waals surface area contributed by atoms with E-state index in [1.165, 1.54) is 11.1 Å². The van der Waals surface area contributed by atoms with E-state index in [9.17, 15) is 19.5 Å². The molecule has 8 heteroatoms. The number of rotatable bonds is 14. The quantitative estimate of drug-likeness (QED) is 0.295. The normalized spacial score (nSPS) is 18.9. The van der Waals surface area contributed by atoms with Gasteiger partial charge in [-0.25, -0.2) is 4.79 Å². The largest absolute Gasteiger partial charge is 0.491 e. The monoisotopic (exact) mass is 552 g/mol. The van der Waals surface area contributed by atoms with Crippen LogP contribution in [0.25, 0.3) is 0 Å². The van der Waals surface area contributed by atoms with Crippen molar-refractivity contribution in [2.45, 2.75) is 84.3 Å². The van der Waals surface area contributed by atoms with Gasteiger partial charge in [-0.15, -0.1) is 0 Å². The number of aliphatic carboxylic acids is 1. The minimum Gasteiger partial charge on any atom is -0.491 e. The lowest BCUT2D eigenvalue weighted by Crippen LogP contribution is -2.39. The summed E-state index contributed by atoms with van der Waals surface area (Å²) in [5.74, 6) is -0.343. The number of amides is 2. The van der Waals surface area contributed by atoms with E-state index >= 15 is 0 Å². The van der Waals surface area contributed by atoms with Crippen LogP contribution in [0, 0.1) is 5.41 Å². The number of carboxylic acid groups (broad SMARTS) is 1. The molecule has 2 aromatic rings. The van der Waals surface area contributed by atoms with Gasteiger partial charge in [-0.2, -0.15) is 0 Å². The van der Waals surface area contributed by atoms with Gasteiger partial charge in [-0.3, -0.25) is 9.59 Å². The Morgan fingerprint density at radius 3 is 2.30 bits per heavy atom. The van der Waals surface area contributed by atoms with Gasteiger partial charge >= 0.3 is 12.1 Å². The molecule has 1 aliphatic heterocycles. The topological polar surface area (TPSA) is 105 Å². The number of ether oxygens (including phenoxy) is 2. The molecule has 1 saturated heterocycles. The molecule has 1 heterocycles. The van der Waals surface area contributed by atoms with Crippen molar-refractivity contribution in [3.8, 4) is 5.75 Å². The second-order valence-electron chi connectivity index (χ2n) is 11.9. The van der Waals surface area contributed by atoms with E-state index in [0.29, 0.717) is 26.1 Å². The van der Waals surface area contributed by atoms with E-state index in [-0.39, 0.29) is 18.4 Å². The number of benzene rings is 2. The highest BCUT2D eigenvalue weighted by molar-refractivity contribution is 5.88. The van der Waals surface area contributed by atoms with Crippen molar-refractivity contribution in [3.63, 3.8) is 0 Å². The molecule has 0 unspecified atom stereocenters. The minimum atomic E-state index is -0.960. The highest BCUT2D eigenvalue weighted by Crippen LogP contribution is 2.39. The molecular formula is C32H44N2O6. The smallest absolute Gasteiger partial charge is 0.407 e. The number of carboxylic acids is 1. The fourth-order valence-corrected chi connectivity index (χ4v) is 5.15. The van der Waals surface area contributed by atoms with E-state index < -0.39 is 23.1 Å². The van der Waals surface area contributed by atoms with E-state index in [0.717, 1.165) is 37.9 Å². The van der Waals surface area contributed by atoms with E-state index in [1.807, 2.05) is 68.1 Å². The van der Waals surface area contributed by atoms with Crippen LogP contribution in [0.15, 0.2) is 54.6 Å². The summed E-state index contributed by atoms with van der Waals surface area (Å²) in [5, 5.41) is 12.2. The molecule has 2 N–H and O–H groups in total. The first kappa shape index (κ1) is 31.0. The van der Waals surface area contributed by atoms with Crippen molar-refractivity contribution < 1.29 is 29.0 Å². The number of likely N-dealkylation sites (tertiary alicyclic amines) is 1. The Morgan fingerprint density at radius 1 is 1.00 bits per heavy atom. The van der Waals surface area contributed by atoms with Gasteiger partial charge in [0, 0.05) is 13.1 Å². The molecule has 0 radical (unpaired) electrons. The van der Waals surface area contributed by atoms with Crippen LogP contribution >= 0.6 is 0 Å². The molecular weight excluding hydrogens is 508 g/mol. The van der Waals surface area contributed by atoms with E-state index in [4.69, 9.17) is 9.47 Å². The zero-order valence-electron chi connectivity index (χ0n) is 24.3. The number of carbonyl (C=O) groups excluding carboxylic acids is 2. The summed E-state index contributed by atoms with van der Waals surface area (Å²) in [4.78, 5) is 38.3. The summed E-state index contributed by atoms with van der Waals surface area (Å²) in [7, 11) is 0. The lowest BCUT2D eigenvalue weighted by molar-refractivity contribution is -0.146. The maximum absolute atomic E-state index is 13.3. The Hall–Kier alpha value is -3.55. The molecule has 0 saturated carbocycles. The second kappa shape index (κ2) is 14.2. The molecule has 40 heavy (non-hydrogen) atoms. The molecule has 0 spiro atoms. The summed E-state index contributed by atoms with van der Waals surface area (Å²) in [6.45, 7) is 8.73. The summed E-state index contributed by atoms with van der Waals surface area (Å²) in [6.07, 6.45) is 4.21. The maximum Gasteiger partial charge on any atom is 0.407 e. The summed E-state index contributed by atoms with van der Waals surface area (Å²) in [5.41, 5.74) is 0.973. The average Bonchev–Trinajstić information content (AvgIpc) is 3.11. The molecule has 2 atom stereocenters. The van der Waals surface area contributed by atoms with Gasteiger partial charge in [-0.1, -0.05) is 49.4 Å². The molecule has 2 amide bonds. The number of unbranched alkanes of at least 4 members (excludes halogenated alkanes) is 1. The third-order valence-electron chi connectivity index (χ3n) is 7.08. The average molecular weight is 553 g/mol. The van der Waals surface area contributed by atoms with Crippen molar-refractivity contribution in [2.24, 2.45) is 5.41 Å². The number of alkyl carbamates (subject to hydrolysis) is 1. The lowest BCUT2D eigenvalue weighted by atomic mass is 9.84. The van der Waals surface area contributed by atoms with Crippen LogP contribution in [0.5, 0.6) is 5.75 Å². The lowest BCUT2D eigenvalue weighted by Gasteiger charge is -2.25. The summed E-state index contributed by atoms with van der Waals surface area (Å²) < 4.78 is 11.3. The fourth-order valence-electron chi connectivity index (χ4n) is 5.15. The number of carbonyl (C=O) groups is 3. The minimum absolute atomic E-state index is 0.104. The highest BCUT2D eigenvalue weighted by atomic mass is 16.6. The fraction of sp³-hybridized carbons (Fsp3) is 0.531. The number of nitrogens with zero attached hydrogens (tertiary/aromatic N) is 1. The van der Waals surface area contributed by atoms with Gasteiger partial charge in [0.25, 0.3) is 0 Å². The van der Waals surface area contributed by atoms with Crippen LogP contribution in [0.4, 0.5) is 4.79 Å². The number of hydrogen-bond donors (Lipinski definition) is 2. The van der Waals surface area contributed by atoms with Crippen LogP contribution in [0.2, 0.25) is 0 Å². The molecule has 2 aromatic carbocycles. The van der Waals surface area contributed by atoms with Crippen LogP contribution in [-0.2, 0) is 27.2 Å². The van der Waals surface area contributed by atoms with E-state index in [2.05, 4.69) is 17.4 Å². The highest BCUT2D eigenvalue weighted by Gasteiger charge is 2.49. The molecule has 3 rings (SSSR count). The zero-order valence-corrected chi connectivity index (χ0v) is 24.3. The summed E-state index contributed by atoms with van der Waals surface area (Å²) in [6, 6.07) is 17.9. The van der Waals surface area contributed by atoms with E-state index in [1.54, 1.807) is 6.92 Å². The Kier molecular flexibility index (Phi) is 11.0. The van der Waals surface area contributed by atoms with Crippen molar-refractivity contribution >= 4 is 18.0 Å². The number of aryl methyl sites for hydroxylation is 2. The first-order valence-corrected chi connectivity index (χ1v) is 14.2. The standard InChI is InChI=1S/C32H44N2O6/c1-31(2,3)40-30(38)33-19-9-8-13-25-15-17-27(18-16-25)39-23-26-21-32(4,22-28(35)36)29(37)34(26)20-10-14-24-11-6-5-7-12-24/h5-7,11-12,15-18,26H,8-10,13-14,19-23H2,1-4H3,(H,33,38)(H,35,36)/t26-,32+/m1/s1. The molecule has 1 fully saturated rings.